The molecule has 15 rings (SSSR count). The van der Waals surface area contributed by atoms with Gasteiger partial charge in [0.1, 0.15) is 23.0 Å². The molecule has 1 saturated heterocycles. The summed E-state index contributed by atoms with van der Waals surface area (Å²) in [5.41, 5.74) is 35.0. The fourth-order valence-electron chi connectivity index (χ4n) is 12.2. The molecule has 14 N–H and O–H groups in total. The van der Waals surface area contributed by atoms with Crippen LogP contribution in [0.25, 0.3) is 42.3 Å². The molecule has 0 atom stereocenters. The minimum absolute atomic E-state index is 0.00447. The Kier molecular flexibility index (Phi) is 31.0. The van der Waals surface area contributed by atoms with Crippen LogP contribution < -0.4 is 83.6 Å². The molecule has 14 aromatic rings. The zero-order valence-corrected chi connectivity index (χ0v) is 77.1. The maximum Gasteiger partial charge on any atom is 0.248 e. The lowest BCUT2D eigenvalue weighted by Crippen LogP contribution is -2.44. The highest BCUT2D eigenvalue weighted by Crippen LogP contribution is 2.44. The summed E-state index contributed by atoms with van der Waals surface area (Å²) < 4.78 is 23.0. The van der Waals surface area contributed by atoms with E-state index in [1.54, 1.807) is 126 Å². The van der Waals surface area contributed by atoms with Gasteiger partial charge in [-0.2, -0.15) is 0 Å². The molecule has 0 spiro atoms. The zero-order chi connectivity index (χ0) is 88.4. The van der Waals surface area contributed by atoms with E-state index in [-0.39, 0.29) is 18.3 Å². The Morgan fingerprint density at radius 1 is 0.411 bits per heavy atom. The second kappa shape index (κ2) is 42.2. The highest BCUT2D eigenvalue weighted by molar-refractivity contribution is 7.21. The standard InChI is InChI=1S/C23H23N5O2S2.C22H22N6O2S2.C21H27N5O2S2.C20H24N6O2S2/c1-13(2)30-19-10-9-15(21(24)29)11-17(19)27-22-28-18(12-31-22)20-14(3)25-23(32-20)26-16-7-5-4-6-8-16;1-12(2)30-18-5-4-14(20(23)29)10-16(18)27-21-28-17(11-31-21)19-13(3)25-22(32-19)26-15-6-8-24-9-7-15;1-6-26(7-2)21-23-13(5)18(30-21)16-11-29-20(25-16)24-15-10-14(19(22)27)8-9-17(15)28-12(3)4;1-12-17(30-20(22-12)26-8-6-25(2)7-9-26)15-11-29-19(24-15)23-14-10-13(18(21)27)4-5-16(14)28-3/h4-13H,1-3H3,(H2,24,29)(H,25,26)(H,27,28);4-12H,1-3H3,(H2,23,29)(H,27,28)(H,24,25,26);8-12H,6-7H2,1-5H3,(H2,22,27)(H,24,25);4-5,10-11H,6-9H2,1-3H3,(H2,21,27)(H,23,24). The van der Waals surface area contributed by atoms with Gasteiger partial charge in [-0.25, -0.2) is 39.9 Å². The van der Waals surface area contributed by atoms with Gasteiger partial charge in [0.25, 0.3) is 0 Å². The van der Waals surface area contributed by atoms with Gasteiger partial charge >= 0.3 is 0 Å². The van der Waals surface area contributed by atoms with Crippen molar-refractivity contribution in [2.45, 2.75) is 101 Å². The van der Waals surface area contributed by atoms with Crippen molar-refractivity contribution < 1.29 is 38.1 Å². The lowest BCUT2D eigenvalue weighted by molar-refractivity contribution is 0.0992. The fourth-order valence-corrected chi connectivity index (χ4v) is 19.4. The van der Waals surface area contributed by atoms with Crippen LogP contribution in [0.2, 0.25) is 0 Å². The molecule has 1 aliphatic rings. The van der Waals surface area contributed by atoms with E-state index in [0.29, 0.717) is 88.5 Å². The third-order valence-corrected chi connectivity index (χ3v) is 25.9. The van der Waals surface area contributed by atoms with Crippen molar-refractivity contribution in [1.29, 1.82) is 0 Å². The van der Waals surface area contributed by atoms with Gasteiger partial charge in [0.2, 0.25) is 23.6 Å². The van der Waals surface area contributed by atoms with Crippen LogP contribution >= 0.6 is 90.7 Å². The average Bonchev–Trinajstić information content (AvgIpc) is 1.66. The molecular weight excluding hydrogens is 1730 g/mol. The number of pyridine rings is 1. The quantitative estimate of drug-likeness (QED) is 0.0193. The Hall–Kier alpha value is -12.3. The molecule has 30 nitrogen and oxygen atoms in total. The molecule has 9 aromatic heterocycles. The number of nitrogens with two attached hydrogens (primary N) is 4. The molecule has 5 aromatic carbocycles. The molecule has 4 amide bonds. The first kappa shape index (κ1) is 90.9. The van der Waals surface area contributed by atoms with Crippen molar-refractivity contribution in [2.75, 3.05) is 95.1 Å². The molecule has 38 heteroatoms. The average molecular weight is 1820 g/mol. The Bertz CT molecular complexity index is 5790. The van der Waals surface area contributed by atoms with Crippen LogP contribution in [0, 0.1) is 27.7 Å². The largest absolute Gasteiger partial charge is 0.495 e. The van der Waals surface area contributed by atoms with Crippen LogP contribution in [0.5, 0.6) is 23.0 Å². The summed E-state index contributed by atoms with van der Waals surface area (Å²) in [6.45, 7) is 29.8. The summed E-state index contributed by atoms with van der Waals surface area (Å²) >= 11 is 12.3. The number of carbonyl (C=O) groups is 4. The number of likely N-dealkylation sites (N-methyl/N-ethyl adjacent to an activating group) is 1. The maximum absolute atomic E-state index is 11.6. The van der Waals surface area contributed by atoms with Gasteiger partial charge in [0, 0.05) is 107 Å². The van der Waals surface area contributed by atoms with Crippen molar-refractivity contribution in [2.24, 2.45) is 22.9 Å². The number of carbonyl (C=O) groups excluding carboxylic acids is 4. The Labute approximate surface area is 750 Å². The van der Waals surface area contributed by atoms with Gasteiger partial charge in [-0.1, -0.05) is 63.5 Å². The fraction of sp³-hybridized carbons (Fsp3) is 0.267. The SMILES string of the molecule is CCN(CC)c1nc(C)c(-c2csc(Nc3cc(C(N)=O)ccc3OC(C)C)n2)s1.COc1ccc(C(N)=O)cc1Nc1nc(-c2sc(N3CCN(C)CC3)nc2C)cs1.Cc1nc(Nc2ccccc2)sc1-c1csc(Nc2cc(C(N)=O)ccc2OC(C)C)n1.Cc1nc(Nc2ccncc2)sc1-c1csc(Nc2cc(C(N)=O)ccc2OC(C)C)n1. The Balaban J connectivity index is 0.000000151. The Morgan fingerprint density at radius 2 is 0.750 bits per heavy atom. The third-order valence-electron chi connectivity index (χ3n) is 18.2. The summed E-state index contributed by atoms with van der Waals surface area (Å²) in [6, 6.07) is 34.0. The highest BCUT2D eigenvalue weighted by Gasteiger charge is 2.25. The van der Waals surface area contributed by atoms with E-state index < -0.39 is 23.6 Å². The minimum atomic E-state index is -0.501. The number of para-hydroxylation sites is 1. The van der Waals surface area contributed by atoms with E-state index in [1.807, 2.05) is 133 Å². The maximum atomic E-state index is 11.6. The van der Waals surface area contributed by atoms with Gasteiger partial charge in [0.15, 0.2) is 41.1 Å². The molecule has 124 heavy (non-hydrogen) atoms. The number of ether oxygens (including phenoxy) is 4. The minimum Gasteiger partial charge on any atom is -0.495 e. The second-order valence-electron chi connectivity index (χ2n) is 28.7. The summed E-state index contributed by atoms with van der Waals surface area (Å²) in [6.07, 6.45) is 3.42. The van der Waals surface area contributed by atoms with Crippen LogP contribution in [0.1, 0.15) is 120 Å². The molecule has 0 bridgehead atoms. The summed E-state index contributed by atoms with van der Waals surface area (Å²) in [5, 5.41) is 34.1. The molecule has 0 unspecified atom stereocenters. The van der Waals surface area contributed by atoms with Gasteiger partial charge in [0.05, 0.1) is 113 Å². The third kappa shape index (κ3) is 24.2. The molecule has 0 aliphatic carbocycles. The zero-order valence-electron chi connectivity index (χ0n) is 70.6. The first-order valence-corrected chi connectivity index (χ1v) is 46.1. The number of hydrogen-bond acceptors (Lipinski definition) is 34. The molecule has 646 valence electrons. The number of nitrogens with zero attached hydrogens (tertiary/aromatic N) is 12. The predicted octanol–water partition coefficient (Wildman–Crippen LogP) is 19.5. The molecular formula is C86H96N22O8S8. The van der Waals surface area contributed by atoms with Crippen molar-refractivity contribution in [1.82, 2.24) is 49.8 Å². The number of amides is 4. The number of aromatic nitrogens is 9. The van der Waals surface area contributed by atoms with E-state index >= 15 is 0 Å². The summed E-state index contributed by atoms with van der Waals surface area (Å²) in [7, 11) is 3.73. The molecule has 1 aliphatic heterocycles. The molecule has 10 heterocycles. The van der Waals surface area contributed by atoms with Gasteiger partial charge in [-0.15, -0.1) is 45.3 Å². The smallest absolute Gasteiger partial charge is 0.248 e. The second-order valence-corrected chi connectivity index (χ2v) is 36.0. The molecule has 0 saturated carbocycles. The number of piperazine rings is 1. The van der Waals surface area contributed by atoms with Crippen LogP contribution in [0.3, 0.4) is 0 Å². The first-order chi connectivity index (χ1) is 59.5. The number of methoxy groups -OCH3 is 1. The number of benzene rings is 5. The number of thiazole rings is 8. The number of nitrogens with one attached hydrogen (secondary N) is 6. The predicted molar refractivity (Wildman–Crippen MR) is 509 cm³/mol. The van der Waals surface area contributed by atoms with Crippen molar-refractivity contribution in [3.05, 3.63) is 194 Å². The first-order valence-electron chi connectivity index (χ1n) is 39.3. The number of primary amides is 4. The molecule has 1 fully saturated rings. The van der Waals surface area contributed by atoms with E-state index in [2.05, 4.69) is 82.4 Å². The van der Waals surface area contributed by atoms with E-state index in [0.717, 1.165) is 136 Å². The summed E-state index contributed by atoms with van der Waals surface area (Å²) in [4.78, 5) is 99.1. The van der Waals surface area contributed by atoms with Gasteiger partial charge in [-0.3, -0.25) is 24.2 Å². The monoisotopic (exact) mass is 1820 g/mol. The lowest BCUT2D eigenvalue weighted by atomic mass is 10.1. The lowest BCUT2D eigenvalue weighted by Gasteiger charge is -2.32. The van der Waals surface area contributed by atoms with E-state index in [4.69, 9.17) is 71.8 Å². The number of aryl methyl sites for hydroxylation is 4. The van der Waals surface area contributed by atoms with Crippen LogP contribution in [0.15, 0.2) is 149 Å². The number of anilines is 14. The van der Waals surface area contributed by atoms with Crippen molar-refractivity contribution >= 4 is 189 Å². The van der Waals surface area contributed by atoms with Crippen LogP contribution in [-0.4, -0.2) is 145 Å². The van der Waals surface area contributed by atoms with Crippen molar-refractivity contribution in [3.8, 4) is 65.3 Å². The Morgan fingerprint density at radius 3 is 1.11 bits per heavy atom. The normalized spacial score (nSPS) is 11.8. The van der Waals surface area contributed by atoms with Crippen LogP contribution in [0.4, 0.5) is 75.2 Å². The topological polar surface area (TPSA) is 407 Å². The molecule has 0 radical (unpaired) electrons. The van der Waals surface area contributed by atoms with E-state index in [1.165, 1.54) is 56.7 Å². The van der Waals surface area contributed by atoms with E-state index in [9.17, 15) is 19.2 Å². The number of rotatable bonds is 31. The van der Waals surface area contributed by atoms with Gasteiger partial charge in [-0.05, 0) is 187 Å². The highest BCUT2D eigenvalue weighted by atomic mass is 32.1. The van der Waals surface area contributed by atoms with Gasteiger partial charge < -0.3 is 88.5 Å². The number of hydrogen-bond donors (Lipinski definition) is 10. The summed E-state index contributed by atoms with van der Waals surface area (Å²) in [5.74, 6) is 0.536. The van der Waals surface area contributed by atoms with Crippen LogP contribution in [-0.2, 0) is 0 Å². The van der Waals surface area contributed by atoms with Crippen molar-refractivity contribution in [3.63, 3.8) is 0 Å².